The third kappa shape index (κ3) is 4.66. The topological polar surface area (TPSA) is 82.8 Å². The van der Waals surface area contributed by atoms with Crippen LogP contribution >= 0.6 is 0 Å². The van der Waals surface area contributed by atoms with Crippen LogP contribution in [0.3, 0.4) is 0 Å². The standard InChI is InChI=1S/C30H37FN8O/c1-4-27(40)38-15-14-36(17-22(38)10-12-32)29-24-9-8-21(39-13-11-20-6-5-7-25(31)28(20)39)16-26(24)33-30(34-29)37-18-23(19-37)35(2)3/h4-7,21-23H,1,8-11,13-19H2,2-3H3. The van der Waals surface area contributed by atoms with E-state index in [9.17, 15) is 14.4 Å². The number of hydrogen-bond donors (Lipinski definition) is 0. The van der Waals surface area contributed by atoms with E-state index in [-0.39, 0.29) is 30.2 Å². The van der Waals surface area contributed by atoms with Gasteiger partial charge in [0.2, 0.25) is 11.9 Å². The Morgan fingerprint density at radius 1 is 1.18 bits per heavy atom. The van der Waals surface area contributed by atoms with Gasteiger partial charge in [0.05, 0.1) is 29.9 Å². The molecule has 1 amide bonds. The summed E-state index contributed by atoms with van der Waals surface area (Å²) in [5.41, 5.74) is 4.03. The van der Waals surface area contributed by atoms with Gasteiger partial charge >= 0.3 is 0 Å². The molecule has 10 heteroatoms. The van der Waals surface area contributed by atoms with E-state index in [1.807, 2.05) is 6.07 Å². The molecule has 2 saturated heterocycles. The van der Waals surface area contributed by atoms with E-state index in [0.29, 0.717) is 25.7 Å². The number of amides is 1. The van der Waals surface area contributed by atoms with Crippen LogP contribution in [0.2, 0.25) is 0 Å². The SMILES string of the molecule is C=CC(=O)N1CCN(c2nc(N3CC(N(C)C)C3)nc3c2CCC(N2CCc4cccc(F)c42)C3)CC1CC#N. The van der Waals surface area contributed by atoms with E-state index >= 15 is 0 Å². The van der Waals surface area contributed by atoms with Crippen molar-refractivity contribution >= 4 is 23.4 Å². The zero-order chi connectivity index (χ0) is 28.0. The lowest BCUT2D eigenvalue weighted by Crippen LogP contribution is -2.58. The minimum atomic E-state index is -0.221. The quantitative estimate of drug-likeness (QED) is 0.513. The van der Waals surface area contributed by atoms with Gasteiger partial charge in [-0.2, -0.15) is 10.2 Å². The first-order chi connectivity index (χ1) is 19.4. The highest BCUT2D eigenvalue weighted by Gasteiger charge is 2.38. The summed E-state index contributed by atoms with van der Waals surface area (Å²) in [5, 5.41) is 9.49. The average Bonchev–Trinajstić information content (AvgIpc) is 3.36. The van der Waals surface area contributed by atoms with Crippen LogP contribution in [-0.2, 0) is 24.1 Å². The molecule has 2 aromatic rings. The maximum atomic E-state index is 14.9. The van der Waals surface area contributed by atoms with Crippen LogP contribution in [0.5, 0.6) is 0 Å². The lowest BCUT2D eigenvalue weighted by molar-refractivity contribution is -0.128. The molecule has 9 nitrogen and oxygen atoms in total. The molecular formula is C30H37FN8O. The van der Waals surface area contributed by atoms with Crippen molar-refractivity contribution in [1.82, 2.24) is 19.8 Å². The monoisotopic (exact) mass is 544 g/mol. The molecular weight excluding hydrogens is 507 g/mol. The number of likely N-dealkylation sites (N-methyl/N-ethyl adjacent to an activating group) is 1. The molecule has 0 radical (unpaired) electrons. The number of benzene rings is 1. The van der Waals surface area contributed by atoms with Crippen LogP contribution in [0.4, 0.5) is 21.8 Å². The van der Waals surface area contributed by atoms with E-state index < -0.39 is 0 Å². The summed E-state index contributed by atoms with van der Waals surface area (Å²) in [7, 11) is 4.19. The molecule has 1 aliphatic carbocycles. The second-order valence-corrected chi connectivity index (χ2v) is 11.6. The van der Waals surface area contributed by atoms with Gasteiger partial charge in [0.15, 0.2) is 0 Å². The molecule has 1 aromatic heterocycles. The highest BCUT2D eigenvalue weighted by molar-refractivity contribution is 5.87. The molecule has 40 heavy (non-hydrogen) atoms. The summed E-state index contributed by atoms with van der Waals surface area (Å²) >= 11 is 0. The number of hydrogen-bond acceptors (Lipinski definition) is 8. The number of fused-ring (bicyclic) bond motifs is 2. The Hall–Kier alpha value is -3.71. The summed E-state index contributed by atoms with van der Waals surface area (Å²) in [6.45, 7) is 7.92. The Labute approximate surface area is 235 Å². The van der Waals surface area contributed by atoms with E-state index in [4.69, 9.17) is 9.97 Å². The summed E-state index contributed by atoms with van der Waals surface area (Å²) in [5.74, 6) is 1.38. The van der Waals surface area contributed by atoms with E-state index in [0.717, 1.165) is 79.6 Å². The molecule has 0 saturated carbocycles. The maximum Gasteiger partial charge on any atom is 0.246 e. The van der Waals surface area contributed by atoms with Crippen LogP contribution in [0.1, 0.15) is 29.7 Å². The summed E-state index contributed by atoms with van der Waals surface area (Å²) in [6, 6.07) is 8.08. The van der Waals surface area contributed by atoms with Crippen molar-refractivity contribution in [1.29, 1.82) is 5.26 Å². The summed E-state index contributed by atoms with van der Waals surface area (Å²) in [4.78, 5) is 33.4. The number of piperazine rings is 1. The van der Waals surface area contributed by atoms with Crippen molar-refractivity contribution in [3.8, 4) is 6.07 Å². The number of rotatable bonds is 6. The van der Waals surface area contributed by atoms with E-state index in [1.165, 1.54) is 6.08 Å². The molecule has 210 valence electrons. The average molecular weight is 545 g/mol. The van der Waals surface area contributed by atoms with Gasteiger partial charge in [-0.25, -0.2) is 9.37 Å². The van der Waals surface area contributed by atoms with Crippen molar-refractivity contribution in [2.24, 2.45) is 0 Å². The Balaban J connectivity index is 1.32. The van der Waals surface area contributed by atoms with Gasteiger partial charge in [-0.05, 0) is 51.1 Å². The Kier molecular flexibility index (Phi) is 7.09. The Bertz CT molecular complexity index is 1350. The number of nitriles is 1. The summed E-state index contributed by atoms with van der Waals surface area (Å²) < 4.78 is 14.9. The minimum absolute atomic E-state index is 0.137. The van der Waals surface area contributed by atoms with E-state index in [1.54, 1.807) is 17.0 Å². The minimum Gasteiger partial charge on any atom is -0.365 e. The van der Waals surface area contributed by atoms with Gasteiger partial charge in [0.1, 0.15) is 11.6 Å². The van der Waals surface area contributed by atoms with Gasteiger partial charge < -0.3 is 24.5 Å². The lowest BCUT2D eigenvalue weighted by Gasteiger charge is -2.45. The number of carbonyl (C=O) groups excluding carboxylic acids is 1. The molecule has 0 N–H and O–H groups in total. The molecule has 4 aliphatic rings. The Morgan fingerprint density at radius 2 is 2.00 bits per heavy atom. The fraction of sp³-hybridized carbons (Fsp3) is 0.533. The molecule has 3 aliphatic heterocycles. The maximum absolute atomic E-state index is 14.9. The second-order valence-electron chi connectivity index (χ2n) is 11.6. The smallest absolute Gasteiger partial charge is 0.246 e. The summed E-state index contributed by atoms with van der Waals surface area (Å²) in [6.07, 6.45) is 4.91. The van der Waals surface area contributed by atoms with Crippen molar-refractivity contribution < 1.29 is 9.18 Å². The molecule has 2 unspecified atom stereocenters. The fourth-order valence-electron chi connectivity index (χ4n) is 6.72. The number of para-hydroxylation sites is 1. The van der Waals surface area contributed by atoms with Crippen molar-refractivity contribution in [3.63, 3.8) is 0 Å². The number of carbonyl (C=O) groups is 1. The van der Waals surface area contributed by atoms with Gasteiger partial charge in [0, 0.05) is 63.3 Å². The third-order valence-electron chi connectivity index (χ3n) is 9.08. The number of nitrogens with zero attached hydrogens (tertiary/aromatic N) is 8. The van der Waals surface area contributed by atoms with Crippen molar-refractivity contribution in [2.45, 2.75) is 50.2 Å². The molecule has 0 bridgehead atoms. The first-order valence-electron chi connectivity index (χ1n) is 14.3. The van der Waals surface area contributed by atoms with Gasteiger partial charge in [-0.15, -0.1) is 0 Å². The first-order valence-corrected chi connectivity index (χ1v) is 14.3. The number of halogens is 1. The van der Waals surface area contributed by atoms with Crippen LogP contribution in [0, 0.1) is 17.1 Å². The zero-order valence-corrected chi connectivity index (χ0v) is 23.4. The zero-order valence-electron chi connectivity index (χ0n) is 23.4. The van der Waals surface area contributed by atoms with Crippen LogP contribution < -0.4 is 14.7 Å². The van der Waals surface area contributed by atoms with Crippen LogP contribution in [0.25, 0.3) is 0 Å². The molecule has 6 rings (SSSR count). The molecule has 1 aromatic carbocycles. The normalized spacial score (nSPS) is 22.6. The largest absolute Gasteiger partial charge is 0.365 e. The van der Waals surface area contributed by atoms with Gasteiger partial charge in [-0.3, -0.25) is 4.79 Å². The third-order valence-corrected chi connectivity index (χ3v) is 9.08. The Morgan fingerprint density at radius 3 is 2.75 bits per heavy atom. The predicted octanol–water partition coefficient (Wildman–Crippen LogP) is 2.40. The molecule has 0 spiro atoms. The number of anilines is 3. The molecule has 2 fully saturated rings. The van der Waals surface area contributed by atoms with Gasteiger partial charge in [-0.1, -0.05) is 18.7 Å². The lowest BCUT2D eigenvalue weighted by atomic mass is 9.90. The molecule has 2 atom stereocenters. The first kappa shape index (κ1) is 26.5. The van der Waals surface area contributed by atoms with Gasteiger partial charge in [0.25, 0.3) is 0 Å². The van der Waals surface area contributed by atoms with E-state index in [2.05, 4.69) is 46.3 Å². The molecule has 4 heterocycles. The second kappa shape index (κ2) is 10.7. The highest BCUT2D eigenvalue weighted by Crippen LogP contribution is 2.39. The number of aromatic nitrogens is 2. The highest BCUT2D eigenvalue weighted by atomic mass is 19.1. The fourth-order valence-corrected chi connectivity index (χ4v) is 6.72. The predicted molar refractivity (Wildman–Crippen MR) is 153 cm³/mol. The van der Waals surface area contributed by atoms with Crippen molar-refractivity contribution in [2.75, 3.05) is 68.1 Å². The van der Waals surface area contributed by atoms with Crippen molar-refractivity contribution in [3.05, 3.63) is 53.5 Å². The van der Waals surface area contributed by atoms with Crippen LogP contribution in [0.15, 0.2) is 30.9 Å². The van der Waals surface area contributed by atoms with Crippen LogP contribution in [-0.4, -0.2) is 97.2 Å².